The summed E-state index contributed by atoms with van der Waals surface area (Å²) < 4.78 is 27.3. The van der Waals surface area contributed by atoms with E-state index in [1.54, 1.807) is 13.8 Å². The van der Waals surface area contributed by atoms with Crippen molar-refractivity contribution in [2.45, 2.75) is 13.8 Å². The van der Waals surface area contributed by atoms with Crippen LogP contribution in [-0.4, -0.2) is 30.6 Å². The Kier molecular flexibility index (Phi) is 4.65. The van der Waals surface area contributed by atoms with Crippen LogP contribution in [-0.2, 0) is 4.79 Å². The van der Waals surface area contributed by atoms with Crippen molar-refractivity contribution in [1.82, 2.24) is 5.32 Å². The second kappa shape index (κ2) is 5.85. The maximum absolute atomic E-state index is 13.7. The van der Waals surface area contributed by atoms with Gasteiger partial charge < -0.3 is 15.7 Å². The highest BCUT2D eigenvalue weighted by molar-refractivity contribution is 5.88. The molecule has 0 atom stereocenters. The Morgan fingerprint density at radius 1 is 1.25 bits per heavy atom. The van der Waals surface area contributed by atoms with Crippen LogP contribution < -0.4 is 10.6 Å². The van der Waals surface area contributed by atoms with Gasteiger partial charge in [-0.25, -0.2) is 13.6 Å². The van der Waals surface area contributed by atoms with Gasteiger partial charge in [-0.3, -0.25) is 4.79 Å². The van der Waals surface area contributed by atoms with Crippen molar-refractivity contribution >= 4 is 17.6 Å². The summed E-state index contributed by atoms with van der Waals surface area (Å²) in [5, 5.41) is 13.6. The molecule has 3 N–H and O–H groups in total. The molecule has 1 rings (SSSR count). The minimum atomic E-state index is -1.42. The van der Waals surface area contributed by atoms with Crippen LogP contribution in [0.15, 0.2) is 12.1 Å². The van der Waals surface area contributed by atoms with Crippen LogP contribution >= 0.6 is 0 Å². The van der Waals surface area contributed by atoms with Crippen molar-refractivity contribution in [3.8, 4) is 0 Å². The highest BCUT2D eigenvalue weighted by Gasteiger charge is 2.27. The predicted octanol–water partition coefficient (Wildman–Crippen LogP) is 1.85. The highest BCUT2D eigenvalue weighted by atomic mass is 19.1. The topological polar surface area (TPSA) is 78.4 Å². The van der Waals surface area contributed by atoms with Crippen molar-refractivity contribution in [3.63, 3.8) is 0 Å². The summed E-state index contributed by atoms with van der Waals surface area (Å²) in [6, 6.07) is 1.45. The third kappa shape index (κ3) is 3.43. The van der Waals surface area contributed by atoms with E-state index in [9.17, 15) is 18.4 Å². The van der Waals surface area contributed by atoms with Gasteiger partial charge in [-0.2, -0.15) is 0 Å². The molecule has 0 fully saturated rings. The molecule has 0 heterocycles. The fourth-order valence-corrected chi connectivity index (χ4v) is 1.59. The number of anilines is 1. The number of carboxylic acid groups (broad SMARTS) is 1. The van der Waals surface area contributed by atoms with E-state index in [0.29, 0.717) is 0 Å². The smallest absolute Gasteiger partial charge is 0.335 e. The zero-order chi connectivity index (χ0) is 15.5. The van der Waals surface area contributed by atoms with Crippen LogP contribution in [0.3, 0.4) is 0 Å². The summed E-state index contributed by atoms with van der Waals surface area (Å²) in [4.78, 5) is 22.2. The summed E-state index contributed by atoms with van der Waals surface area (Å²) >= 11 is 0. The van der Waals surface area contributed by atoms with Crippen LogP contribution in [0.1, 0.15) is 24.2 Å². The number of carbonyl (C=O) groups excluding carboxylic acids is 1. The zero-order valence-electron chi connectivity index (χ0n) is 11.4. The first-order valence-corrected chi connectivity index (χ1v) is 5.87. The normalized spacial score (nSPS) is 11.1. The summed E-state index contributed by atoms with van der Waals surface area (Å²) in [6.07, 6.45) is 0. The number of carboxylic acids is 1. The Morgan fingerprint density at radius 3 is 2.15 bits per heavy atom. The average Bonchev–Trinajstić information content (AvgIpc) is 2.36. The Balaban J connectivity index is 2.94. The molecule has 0 aromatic heterocycles. The SMILES string of the molecule is CNC(=O)C(C)(C)CNc1c(F)cc(C(=O)O)cc1F. The molecule has 7 heteroatoms. The first kappa shape index (κ1) is 15.9. The molecule has 0 aliphatic heterocycles. The molecule has 0 radical (unpaired) electrons. The molecular formula is C13H16F2N2O3. The molecule has 0 bridgehead atoms. The second-order valence-corrected chi connectivity index (χ2v) is 4.94. The van der Waals surface area contributed by atoms with Gasteiger partial charge >= 0.3 is 5.97 Å². The average molecular weight is 286 g/mol. The van der Waals surface area contributed by atoms with E-state index in [1.807, 2.05) is 0 Å². The highest BCUT2D eigenvalue weighted by Crippen LogP contribution is 2.23. The number of rotatable bonds is 5. The molecule has 110 valence electrons. The lowest BCUT2D eigenvalue weighted by molar-refractivity contribution is -0.128. The Labute approximate surface area is 115 Å². The number of carbonyl (C=O) groups is 2. The third-order valence-corrected chi connectivity index (χ3v) is 2.84. The molecule has 0 unspecified atom stereocenters. The van der Waals surface area contributed by atoms with Crippen molar-refractivity contribution in [3.05, 3.63) is 29.3 Å². The quantitative estimate of drug-likeness (QED) is 0.772. The van der Waals surface area contributed by atoms with Gasteiger partial charge in [0.05, 0.1) is 11.0 Å². The van der Waals surface area contributed by atoms with Crippen molar-refractivity contribution in [2.24, 2.45) is 5.41 Å². The maximum atomic E-state index is 13.7. The number of amides is 1. The molecule has 5 nitrogen and oxygen atoms in total. The Morgan fingerprint density at radius 2 is 1.75 bits per heavy atom. The summed E-state index contributed by atoms with van der Waals surface area (Å²) in [5.74, 6) is -3.74. The molecule has 20 heavy (non-hydrogen) atoms. The van der Waals surface area contributed by atoms with Crippen LogP contribution in [0.5, 0.6) is 0 Å². The summed E-state index contributed by atoms with van der Waals surface area (Å²) in [5.41, 5.74) is -1.80. The minimum Gasteiger partial charge on any atom is -0.478 e. The zero-order valence-corrected chi connectivity index (χ0v) is 11.4. The fraction of sp³-hybridized carbons (Fsp3) is 0.385. The minimum absolute atomic E-state index is 0.00701. The molecule has 0 saturated heterocycles. The number of nitrogens with one attached hydrogen (secondary N) is 2. The molecule has 1 aromatic rings. The molecule has 0 saturated carbocycles. The van der Waals surface area contributed by atoms with Gasteiger partial charge in [-0.1, -0.05) is 0 Å². The van der Waals surface area contributed by atoms with Gasteiger partial charge in [0.15, 0.2) is 0 Å². The molecule has 1 aromatic carbocycles. The van der Waals surface area contributed by atoms with E-state index >= 15 is 0 Å². The van der Waals surface area contributed by atoms with Crippen LogP contribution in [0, 0.1) is 17.0 Å². The van der Waals surface area contributed by atoms with E-state index in [1.165, 1.54) is 7.05 Å². The van der Waals surface area contributed by atoms with Gasteiger partial charge in [-0.05, 0) is 26.0 Å². The van der Waals surface area contributed by atoms with Gasteiger partial charge in [-0.15, -0.1) is 0 Å². The number of hydrogen-bond donors (Lipinski definition) is 3. The molecular weight excluding hydrogens is 270 g/mol. The number of halogens is 2. The van der Waals surface area contributed by atoms with Gasteiger partial charge in [0, 0.05) is 13.6 Å². The first-order valence-electron chi connectivity index (χ1n) is 5.87. The molecule has 1 amide bonds. The summed E-state index contributed by atoms with van der Waals surface area (Å²) in [6.45, 7) is 3.22. The third-order valence-electron chi connectivity index (χ3n) is 2.84. The lowest BCUT2D eigenvalue weighted by Gasteiger charge is -2.23. The molecule has 0 aliphatic rings. The second-order valence-electron chi connectivity index (χ2n) is 4.94. The van der Waals surface area contributed by atoms with Crippen molar-refractivity contribution in [1.29, 1.82) is 0 Å². The van der Waals surface area contributed by atoms with E-state index in [4.69, 9.17) is 5.11 Å². The number of benzene rings is 1. The number of hydrogen-bond acceptors (Lipinski definition) is 3. The van der Waals surface area contributed by atoms with Gasteiger partial charge in [0.25, 0.3) is 0 Å². The predicted molar refractivity (Wildman–Crippen MR) is 69.7 cm³/mol. The van der Waals surface area contributed by atoms with Crippen LogP contribution in [0.2, 0.25) is 0 Å². The first-order chi connectivity index (χ1) is 9.19. The maximum Gasteiger partial charge on any atom is 0.335 e. The van der Waals surface area contributed by atoms with Crippen LogP contribution in [0.4, 0.5) is 14.5 Å². The lowest BCUT2D eigenvalue weighted by Crippen LogP contribution is -2.39. The van der Waals surface area contributed by atoms with Crippen LogP contribution in [0.25, 0.3) is 0 Å². The van der Waals surface area contributed by atoms with E-state index in [-0.39, 0.29) is 12.5 Å². The molecule has 0 spiro atoms. The van der Waals surface area contributed by atoms with E-state index < -0.39 is 34.3 Å². The molecule has 0 aliphatic carbocycles. The summed E-state index contributed by atoms with van der Waals surface area (Å²) in [7, 11) is 1.47. The van der Waals surface area contributed by atoms with Crippen molar-refractivity contribution in [2.75, 3.05) is 18.9 Å². The standard InChI is InChI=1S/C13H16F2N2O3/c1-13(2,12(20)16-3)6-17-10-8(14)4-7(11(18)19)5-9(10)15/h4-5,17H,6H2,1-3H3,(H,16,20)(H,18,19). The van der Waals surface area contributed by atoms with Gasteiger partial charge in [0.1, 0.15) is 17.3 Å². The lowest BCUT2D eigenvalue weighted by atomic mass is 9.92. The largest absolute Gasteiger partial charge is 0.478 e. The fourth-order valence-electron chi connectivity index (χ4n) is 1.59. The monoisotopic (exact) mass is 286 g/mol. The van der Waals surface area contributed by atoms with E-state index in [2.05, 4.69) is 10.6 Å². The van der Waals surface area contributed by atoms with Crippen molar-refractivity contribution < 1.29 is 23.5 Å². The van der Waals surface area contributed by atoms with E-state index in [0.717, 1.165) is 12.1 Å². The Bertz CT molecular complexity index is 521. The Hall–Kier alpha value is -2.18. The number of aromatic carboxylic acids is 1. The van der Waals surface area contributed by atoms with Gasteiger partial charge in [0.2, 0.25) is 5.91 Å².